The molecule has 2 heterocycles. The zero-order chi connectivity index (χ0) is 9.54. The SMILES string of the molecule is CC1c2ccnc(-c3ccccn3)c21. The summed E-state index contributed by atoms with van der Waals surface area (Å²) < 4.78 is 0. The first-order valence-electron chi connectivity index (χ1n) is 4.78. The maximum Gasteiger partial charge on any atom is 0.0927 e. The smallest absolute Gasteiger partial charge is 0.0927 e. The van der Waals surface area contributed by atoms with Crippen molar-refractivity contribution >= 4 is 0 Å². The number of nitrogens with zero attached hydrogens (tertiary/aromatic N) is 2. The average Bonchev–Trinajstić information content (AvgIpc) is 2.92. The van der Waals surface area contributed by atoms with Gasteiger partial charge in [0.25, 0.3) is 0 Å². The van der Waals surface area contributed by atoms with Crippen molar-refractivity contribution in [2.45, 2.75) is 12.8 Å². The second-order valence-corrected chi connectivity index (χ2v) is 3.60. The Bertz CT molecular complexity index is 477. The van der Waals surface area contributed by atoms with Crippen LogP contribution >= 0.6 is 0 Å². The Hall–Kier alpha value is -1.70. The molecule has 1 aliphatic carbocycles. The third-order valence-corrected chi connectivity index (χ3v) is 2.75. The topological polar surface area (TPSA) is 25.8 Å². The van der Waals surface area contributed by atoms with Crippen LogP contribution < -0.4 is 0 Å². The van der Waals surface area contributed by atoms with Crippen molar-refractivity contribution in [3.63, 3.8) is 0 Å². The molecule has 0 spiro atoms. The highest BCUT2D eigenvalue weighted by atomic mass is 14.8. The Kier molecular flexibility index (Phi) is 1.45. The Morgan fingerprint density at radius 2 is 2.00 bits per heavy atom. The van der Waals surface area contributed by atoms with E-state index in [1.165, 1.54) is 11.1 Å². The largest absolute Gasteiger partial charge is 0.255 e. The standard InChI is InChI=1S/C12H10N2/c1-8-9-5-7-14-12(11(8)9)10-4-2-3-6-13-10/h2-8H,1H3. The van der Waals surface area contributed by atoms with E-state index in [0.29, 0.717) is 5.92 Å². The van der Waals surface area contributed by atoms with Crippen molar-refractivity contribution in [3.05, 3.63) is 47.8 Å². The highest BCUT2D eigenvalue weighted by Gasteiger charge is 2.32. The fourth-order valence-corrected chi connectivity index (χ4v) is 1.90. The van der Waals surface area contributed by atoms with Gasteiger partial charge in [-0.1, -0.05) is 13.0 Å². The van der Waals surface area contributed by atoms with Gasteiger partial charge >= 0.3 is 0 Å². The molecule has 1 atom stereocenters. The van der Waals surface area contributed by atoms with Crippen LogP contribution in [0.1, 0.15) is 24.0 Å². The molecule has 0 amide bonds. The first kappa shape index (κ1) is 7.68. The van der Waals surface area contributed by atoms with Crippen LogP contribution in [0.4, 0.5) is 0 Å². The molecule has 0 N–H and O–H groups in total. The third kappa shape index (κ3) is 0.970. The first-order valence-corrected chi connectivity index (χ1v) is 4.78. The van der Waals surface area contributed by atoms with Gasteiger partial charge in [0.15, 0.2) is 0 Å². The van der Waals surface area contributed by atoms with Crippen molar-refractivity contribution in [1.82, 2.24) is 9.97 Å². The number of aromatic nitrogens is 2. The third-order valence-electron chi connectivity index (χ3n) is 2.75. The van der Waals surface area contributed by atoms with Gasteiger partial charge in [0.2, 0.25) is 0 Å². The number of hydrogen-bond donors (Lipinski definition) is 0. The van der Waals surface area contributed by atoms with Crippen LogP contribution in [0.3, 0.4) is 0 Å². The molecule has 68 valence electrons. The van der Waals surface area contributed by atoms with E-state index < -0.39 is 0 Å². The average molecular weight is 182 g/mol. The quantitative estimate of drug-likeness (QED) is 0.677. The number of hydrogen-bond acceptors (Lipinski definition) is 2. The molecule has 1 unspecified atom stereocenters. The molecule has 14 heavy (non-hydrogen) atoms. The van der Waals surface area contributed by atoms with Crippen LogP contribution in [0.15, 0.2) is 36.7 Å². The van der Waals surface area contributed by atoms with E-state index in [9.17, 15) is 0 Å². The van der Waals surface area contributed by atoms with E-state index >= 15 is 0 Å². The normalized spacial score (nSPS) is 17.6. The van der Waals surface area contributed by atoms with Crippen molar-refractivity contribution < 1.29 is 0 Å². The Labute approximate surface area is 82.7 Å². The van der Waals surface area contributed by atoms with Crippen LogP contribution in [0.25, 0.3) is 11.4 Å². The summed E-state index contributed by atoms with van der Waals surface area (Å²) in [5.74, 6) is 0.578. The van der Waals surface area contributed by atoms with Gasteiger partial charge in [-0.2, -0.15) is 0 Å². The van der Waals surface area contributed by atoms with Crippen LogP contribution in [0, 0.1) is 0 Å². The van der Waals surface area contributed by atoms with Gasteiger partial charge in [0, 0.05) is 18.3 Å². The summed E-state index contributed by atoms with van der Waals surface area (Å²) >= 11 is 0. The van der Waals surface area contributed by atoms with E-state index in [1.54, 1.807) is 0 Å². The molecule has 0 aromatic carbocycles. The molecule has 2 heteroatoms. The van der Waals surface area contributed by atoms with Crippen molar-refractivity contribution in [3.8, 4) is 11.4 Å². The number of pyridine rings is 2. The zero-order valence-electron chi connectivity index (χ0n) is 7.94. The Morgan fingerprint density at radius 1 is 1.07 bits per heavy atom. The molecule has 2 nitrogen and oxygen atoms in total. The van der Waals surface area contributed by atoms with Crippen LogP contribution in [-0.4, -0.2) is 9.97 Å². The van der Waals surface area contributed by atoms with Crippen molar-refractivity contribution in [2.24, 2.45) is 0 Å². The Balaban J connectivity index is 2.16. The molecule has 0 aliphatic heterocycles. The van der Waals surface area contributed by atoms with Crippen LogP contribution in [0.2, 0.25) is 0 Å². The summed E-state index contributed by atoms with van der Waals surface area (Å²) in [7, 11) is 0. The van der Waals surface area contributed by atoms with Gasteiger partial charge in [-0.05, 0) is 29.3 Å². The van der Waals surface area contributed by atoms with Gasteiger partial charge in [-0.3, -0.25) is 9.97 Å². The predicted octanol–water partition coefficient (Wildman–Crippen LogP) is 2.61. The molecule has 1 aliphatic rings. The highest BCUT2D eigenvalue weighted by Crippen LogP contribution is 2.46. The summed E-state index contributed by atoms with van der Waals surface area (Å²) in [6, 6.07) is 8.02. The molecule has 0 radical (unpaired) electrons. The van der Waals surface area contributed by atoms with Crippen LogP contribution in [0.5, 0.6) is 0 Å². The van der Waals surface area contributed by atoms with E-state index in [-0.39, 0.29) is 0 Å². The van der Waals surface area contributed by atoms with Crippen molar-refractivity contribution in [2.75, 3.05) is 0 Å². The lowest BCUT2D eigenvalue weighted by Crippen LogP contribution is -1.85. The van der Waals surface area contributed by atoms with E-state index in [1.807, 2.05) is 30.6 Å². The van der Waals surface area contributed by atoms with Gasteiger partial charge in [0.05, 0.1) is 11.4 Å². The molecule has 3 rings (SSSR count). The molecular formula is C12H10N2. The maximum absolute atomic E-state index is 4.39. The summed E-state index contributed by atoms with van der Waals surface area (Å²) in [6.07, 6.45) is 3.68. The van der Waals surface area contributed by atoms with Gasteiger partial charge in [-0.25, -0.2) is 0 Å². The van der Waals surface area contributed by atoms with Crippen molar-refractivity contribution in [1.29, 1.82) is 0 Å². The lowest BCUT2D eigenvalue weighted by molar-refractivity contribution is 1.14. The highest BCUT2D eigenvalue weighted by molar-refractivity contribution is 5.70. The molecule has 2 aromatic heterocycles. The fraction of sp³-hybridized carbons (Fsp3) is 0.167. The van der Waals surface area contributed by atoms with E-state index in [2.05, 4.69) is 23.0 Å². The zero-order valence-corrected chi connectivity index (χ0v) is 7.94. The summed E-state index contributed by atoms with van der Waals surface area (Å²) in [5, 5.41) is 0. The fourth-order valence-electron chi connectivity index (χ4n) is 1.90. The second kappa shape index (κ2) is 2.64. The molecule has 2 aromatic rings. The molecular weight excluding hydrogens is 172 g/mol. The molecule has 0 fully saturated rings. The summed E-state index contributed by atoms with van der Waals surface area (Å²) in [5.41, 5.74) is 4.82. The summed E-state index contributed by atoms with van der Waals surface area (Å²) in [4.78, 5) is 8.70. The lowest BCUT2D eigenvalue weighted by Gasteiger charge is -1.97. The minimum atomic E-state index is 0.578. The maximum atomic E-state index is 4.39. The minimum absolute atomic E-state index is 0.578. The van der Waals surface area contributed by atoms with Gasteiger partial charge in [0.1, 0.15) is 0 Å². The summed E-state index contributed by atoms with van der Waals surface area (Å²) in [6.45, 7) is 2.21. The Morgan fingerprint density at radius 3 is 2.79 bits per heavy atom. The molecule has 0 saturated heterocycles. The lowest BCUT2D eigenvalue weighted by atomic mass is 10.2. The minimum Gasteiger partial charge on any atom is -0.255 e. The van der Waals surface area contributed by atoms with E-state index in [0.717, 1.165) is 11.4 Å². The first-order chi connectivity index (χ1) is 6.88. The molecule has 0 saturated carbocycles. The number of fused-ring (bicyclic) bond motifs is 1. The van der Waals surface area contributed by atoms with Gasteiger partial charge in [-0.15, -0.1) is 0 Å². The molecule has 0 bridgehead atoms. The van der Waals surface area contributed by atoms with Gasteiger partial charge < -0.3 is 0 Å². The second-order valence-electron chi connectivity index (χ2n) is 3.60. The predicted molar refractivity (Wildman–Crippen MR) is 55.0 cm³/mol. The van der Waals surface area contributed by atoms with Crippen LogP contribution in [-0.2, 0) is 0 Å². The number of rotatable bonds is 1. The van der Waals surface area contributed by atoms with E-state index in [4.69, 9.17) is 0 Å². The monoisotopic (exact) mass is 182 g/mol.